The van der Waals surface area contributed by atoms with Gasteiger partial charge in [0.05, 0.1) is 23.8 Å². The van der Waals surface area contributed by atoms with Gasteiger partial charge in [-0.3, -0.25) is 4.79 Å². The Morgan fingerprint density at radius 2 is 2.22 bits per heavy atom. The van der Waals surface area contributed by atoms with Crippen LogP contribution in [0.15, 0.2) is 12.1 Å². The third-order valence-corrected chi connectivity index (χ3v) is 2.19. The van der Waals surface area contributed by atoms with Gasteiger partial charge in [-0.1, -0.05) is 0 Å². The van der Waals surface area contributed by atoms with E-state index in [0.29, 0.717) is 0 Å². The number of nitriles is 1. The van der Waals surface area contributed by atoms with Crippen LogP contribution in [0.1, 0.15) is 45.2 Å². The number of rotatable bonds is 4. The van der Waals surface area contributed by atoms with E-state index in [-0.39, 0.29) is 29.6 Å². The van der Waals surface area contributed by atoms with Crippen molar-refractivity contribution in [1.82, 2.24) is 0 Å². The van der Waals surface area contributed by atoms with Crippen LogP contribution < -0.4 is 0 Å². The summed E-state index contributed by atoms with van der Waals surface area (Å²) in [6, 6.07) is 3.36. The zero-order chi connectivity index (χ0) is 13.7. The second-order valence-electron chi connectivity index (χ2n) is 3.28. The van der Waals surface area contributed by atoms with Gasteiger partial charge in [-0.15, -0.1) is 0 Å². The molecular weight excluding hydrogens is 244 g/mol. The highest BCUT2D eigenvalue weighted by Crippen LogP contribution is 2.24. The second kappa shape index (κ2) is 5.87. The molecule has 6 heteroatoms. The van der Waals surface area contributed by atoms with Crippen molar-refractivity contribution in [3.8, 4) is 6.07 Å². The second-order valence-corrected chi connectivity index (χ2v) is 3.28. The van der Waals surface area contributed by atoms with E-state index in [9.17, 15) is 18.4 Å². The SMILES string of the molecule is CCOC(=O)c1cc(C(F)F)cc(C#N)c1C=O. The van der Waals surface area contributed by atoms with Crippen molar-refractivity contribution >= 4 is 12.3 Å². The molecule has 0 spiro atoms. The largest absolute Gasteiger partial charge is 0.462 e. The van der Waals surface area contributed by atoms with Crippen molar-refractivity contribution in [1.29, 1.82) is 5.26 Å². The highest BCUT2D eigenvalue weighted by molar-refractivity contribution is 6.00. The molecule has 4 nitrogen and oxygen atoms in total. The van der Waals surface area contributed by atoms with Crippen LogP contribution in [0.2, 0.25) is 0 Å². The molecule has 0 saturated carbocycles. The van der Waals surface area contributed by atoms with Crippen LogP contribution in [0.25, 0.3) is 0 Å². The standard InChI is InChI=1S/C12H9F2NO3/c1-2-18-12(17)9-4-7(11(13)14)3-8(5-15)10(9)6-16/h3-4,6,11H,2H2,1H3. The molecule has 0 atom stereocenters. The highest BCUT2D eigenvalue weighted by Gasteiger charge is 2.20. The first-order chi connectivity index (χ1) is 8.54. The summed E-state index contributed by atoms with van der Waals surface area (Å²) in [6.45, 7) is 1.58. The Morgan fingerprint density at radius 3 is 2.67 bits per heavy atom. The van der Waals surface area contributed by atoms with Gasteiger partial charge in [0.25, 0.3) is 6.43 Å². The number of carbonyl (C=O) groups is 2. The Bertz CT molecular complexity index is 521. The average Bonchev–Trinajstić information content (AvgIpc) is 2.37. The molecule has 0 aromatic heterocycles. The topological polar surface area (TPSA) is 67.2 Å². The van der Waals surface area contributed by atoms with Gasteiger partial charge in [0.2, 0.25) is 0 Å². The van der Waals surface area contributed by atoms with E-state index in [1.807, 2.05) is 0 Å². The Labute approximate surface area is 102 Å². The number of alkyl halides is 2. The molecule has 1 aromatic rings. The number of ether oxygens (including phenoxy) is 1. The molecule has 1 rings (SSSR count). The molecule has 0 saturated heterocycles. The summed E-state index contributed by atoms with van der Waals surface area (Å²) in [5.74, 6) is -0.904. The third-order valence-electron chi connectivity index (χ3n) is 2.19. The molecule has 0 heterocycles. The van der Waals surface area contributed by atoms with E-state index in [4.69, 9.17) is 5.26 Å². The summed E-state index contributed by atoms with van der Waals surface area (Å²) in [6.07, 6.45) is -2.56. The first-order valence-corrected chi connectivity index (χ1v) is 5.03. The summed E-state index contributed by atoms with van der Waals surface area (Å²) < 4.78 is 29.8. The predicted molar refractivity (Wildman–Crippen MR) is 57.5 cm³/mol. The summed E-state index contributed by atoms with van der Waals surface area (Å²) in [4.78, 5) is 22.4. The van der Waals surface area contributed by atoms with Gasteiger partial charge in [0.1, 0.15) is 0 Å². The summed E-state index contributed by atoms with van der Waals surface area (Å²) >= 11 is 0. The highest BCUT2D eigenvalue weighted by atomic mass is 19.3. The lowest BCUT2D eigenvalue weighted by atomic mass is 9.99. The molecule has 0 fully saturated rings. The number of hydrogen-bond donors (Lipinski definition) is 0. The third kappa shape index (κ3) is 2.69. The van der Waals surface area contributed by atoms with Gasteiger partial charge in [-0.2, -0.15) is 5.26 Å². The van der Waals surface area contributed by atoms with Crippen molar-refractivity contribution in [2.45, 2.75) is 13.3 Å². The van der Waals surface area contributed by atoms with Crippen molar-refractivity contribution < 1.29 is 23.1 Å². The first kappa shape index (κ1) is 13.8. The normalized spacial score (nSPS) is 9.94. The van der Waals surface area contributed by atoms with Gasteiger partial charge < -0.3 is 4.74 Å². The molecule has 0 aliphatic rings. The summed E-state index contributed by atoms with van der Waals surface area (Å²) in [7, 11) is 0. The van der Waals surface area contributed by atoms with Crippen LogP contribution in [-0.2, 0) is 4.74 Å². The molecule has 1 aromatic carbocycles. The molecule has 0 radical (unpaired) electrons. The van der Waals surface area contributed by atoms with Gasteiger partial charge in [0.15, 0.2) is 6.29 Å². The number of aldehydes is 1. The first-order valence-electron chi connectivity index (χ1n) is 5.03. The fraction of sp³-hybridized carbons (Fsp3) is 0.250. The van der Waals surface area contributed by atoms with Crippen molar-refractivity contribution in [2.75, 3.05) is 6.61 Å². The van der Waals surface area contributed by atoms with Gasteiger partial charge >= 0.3 is 5.97 Å². The number of carbonyl (C=O) groups excluding carboxylic acids is 2. The number of halogens is 2. The van der Waals surface area contributed by atoms with E-state index < -0.39 is 18.0 Å². The maximum Gasteiger partial charge on any atom is 0.338 e. The number of benzene rings is 1. The minimum atomic E-state index is -2.84. The van der Waals surface area contributed by atoms with Crippen LogP contribution in [-0.4, -0.2) is 18.9 Å². The van der Waals surface area contributed by atoms with Crippen LogP contribution in [0.4, 0.5) is 8.78 Å². The fourth-order valence-corrected chi connectivity index (χ4v) is 1.40. The molecule has 0 aliphatic carbocycles. The number of nitrogens with zero attached hydrogens (tertiary/aromatic N) is 1. The Hall–Kier alpha value is -2.29. The van der Waals surface area contributed by atoms with Gasteiger partial charge in [-0.25, -0.2) is 13.6 Å². The van der Waals surface area contributed by atoms with Crippen LogP contribution in [0, 0.1) is 11.3 Å². The van der Waals surface area contributed by atoms with E-state index >= 15 is 0 Å². The lowest BCUT2D eigenvalue weighted by Gasteiger charge is -2.09. The smallest absolute Gasteiger partial charge is 0.338 e. The van der Waals surface area contributed by atoms with Crippen LogP contribution in [0.5, 0.6) is 0 Å². The fourth-order valence-electron chi connectivity index (χ4n) is 1.40. The molecular formula is C12H9F2NO3. The van der Waals surface area contributed by atoms with Crippen molar-refractivity contribution in [3.05, 3.63) is 34.4 Å². The summed E-state index contributed by atoms with van der Waals surface area (Å²) in [5.41, 5.74) is -1.33. The lowest BCUT2D eigenvalue weighted by Crippen LogP contribution is -2.10. The predicted octanol–water partition coefficient (Wildman–Crippen LogP) is 2.49. The molecule has 0 bridgehead atoms. The zero-order valence-electron chi connectivity index (χ0n) is 9.44. The zero-order valence-corrected chi connectivity index (χ0v) is 9.44. The molecule has 0 aliphatic heterocycles. The molecule has 18 heavy (non-hydrogen) atoms. The lowest BCUT2D eigenvalue weighted by molar-refractivity contribution is 0.0523. The Kier molecular flexibility index (Phi) is 4.49. The Morgan fingerprint density at radius 1 is 1.56 bits per heavy atom. The Balaban J connectivity index is 3.46. The maximum atomic E-state index is 12.6. The monoisotopic (exact) mass is 253 g/mol. The van der Waals surface area contributed by atoms with Crippen LogP contribution >= 0.6 is 0 Å². The quantitative estimate of drug-likeness (QED) is 0.610. The van der Waals surface area contributed by atoms with E-state index in [2.05, 4.69) is 4.74 Å². The number of hydrogen-bond acceptors (Lipinski definition) is 4. The molecule has 0 unspecified atom stereocenters. The molecule has 94 valence electrons. The van der Waals surface area contributed by atoms with Gasteiger partial charge in [-0.05, 0) is 19.1 Å². The van der Waals surface area contributed by atoms with E-state index in [0.717, 1.165) is 12.1 Å². The maximum absolute atomic E-state index is 12.6. The van der Waals surface area contributed by atoms with E-state index in [1.54, 1.807) is 13.0 Å². The van der Waals surface area contributed by atoms with Crippen molar-refractivity contribution in [2.24, 2.45) is 0 Å². The molecule has 0 N–H and O–H groups in total. The number of esters is 1. The summed E-state index contributed by atoms with van der Waals surface area (Å²) in [5, 5.41) is 8.79. The minimum Gasteiger partial charge on any atom is -0.462 e. The van der Waals surface area contributed by atoms with Gasteiger partial charge in [0, 0.05) is 11.1 Å². The van der Waals surface area contributed by atoms with E-state index in [1.165, 1.54) is 0 Å². The minimum absolute atomic E-state index is 0.0396. The van der Waals surface area contributed by atoms with Crippen molar-refractivity contribution in [3.63, 3.8) is 0 Å². The molecule has 0 amide bonds. The average molecular weight is 253 g/mol. The van der Waals surface area contributed by atoms with Crippen LogP contribution in [0.3, 0.4) is 0 Å².